The summed E-state index contributed by atoms with van der Waals surface area (Å²) in [6.45, 7) is 9.43. The van der Waals surface area contributed by atoms with E-state index in [1.54, 1.807) is 0 Å². The van der Waals surface area contributed by atoms with Crippen LogP contribution in [0.2, 0.25) is 0 Å². The molecule has 0 aromatic rings. The molecule has 90 valence electrons. The average molecular weight is 212 g/mol. The molecular weight excluding hydrogens is 184 g/mol. The van der Waals surface area contributed by atoms with Gasteiger partial charge in [0.2, 0.25) is 0 Å². The molecular formula is C13H28N2. The Labute approximate surface area is 95.2 Å². The molecule has 2 N–H and O–H groups in total. The number of hydrogen-bond acceptors (Lipinski definition) is 2. The largest absolute Gasteiger partial charge is 0.328 e. The summed E-state index contributed by atoms with van der Waals surface area (Å²) < 4.78 is 0. The molecule has 2 nitrogen and oxygen atoms in total. The molecule has 0 aromatic heterocycles. The van der Waals surface area contributed by atoms with E-state index in [9.17, 15) is 0 Å². The summed E-state index contributed by atoms with van der Waals surface area (Å²) in [6.07, 6.45) is 6.43. The molecule has 1 rings (SSSR count). The molecule has 1 aliphatic rings. The van der Waals surface area contributed by atoms with Gasteiger partial charge in [0.1, 0.15) is 0 Å². The molecule has 15 heavy (non-hydrogen) atoms. The molecule has 0 radical (unpaired) electrons. The zero-order valence-electron chi connectivity index (χ0n) is 10.7. The minimum absolute atomic E-state index is 0.486. The van der Waals surface area contributed by atoms with E-state index in [-0.39, 0.29) is 0 Å². The van der Waals surface area contributed by atoms with Crippen molar-refractivity contribution >= 4 is 0 Å². The quantitative estimate of drug-likeness (QED) is 0.759. The molecule has 0 bridgehead atoms. The van der Waals surface area contributed by atoms with Crippen LogP contribution in [0.25, 0.3) is 0 Å². The third-order valence-electron chi connectivity index (χ3n) is 3.63. The maximum absolute atomic E-state index is 5.93. The fourth-order valence-electron chi connectivity index (χ4n) is 2.55. The number of nitrogens with zero attached hydrogens (tertiary/aromatic N) is 1. The van der Waals surface area contributed by atoms with Gasteiger partial charge in [-0.15, -0.1) is 0 Å². The highest BCUT2D eigenvalue weighted by atomic mass is 15.1. The number of hydrogen-bond donors (Lipinski definition) is 1. The maximum Gasteiger partial charge on any atom is 0.00390 e. The van der Waals surface area contributed by atoms with E-state index in [1.165, 1.54) is 45.2 Å². The first kappa shape index (κ1) is 13.0. The van der Waals surface area contributed by atoms with Gasteiger partial charge in [0, 0.05) is 18.6 Å². The van der Waals surface area contributed by atoms with E-state index in [0.717, 1.165) is 5.92 Å². The lowest BCUT2D eigenvalue weighted by molar-refractivity contribution is 0.162. The van der Waals surface area contributed by atoms with Crippen molar-refractivity contribution in [3.8, 4) is 0 Å². The van der Waals surface area contributed by atoms with Crippen molar-refractivity contribution in [3.63, 3.8) is 0 Å². The van der Waals surface area contributed by atoms with Crippen LogP contribution >= 0.6 is 0 Å². The molecule has 0 aromatic carbocycles. The van der Waals surface area contributed by atoms with Crippen LogP contribution in [0.1, 0.15) is 52.9 Å². The summed E-state index contributed by atoms with van der Waals surface area (Å²) in [5.41, 5.74) is 5.93. The second-order valence-electron chi connectivity index (χ2n) is 5.37. The minimum Gasteiger partial charge on any atom is -0.328 e. The Kier molecular flexibility index (Phi) is 5.62. The monoisotopic (exact) mass is 212 g/mol. The summed E-state index contributed by atoms with van der Waals surface area (Å²) in [5.74, 6) is 0.902. The van der Waals surface area contributed by atoms with Crippen LogP contribution in [0, 0.1) is 5.92 Å². The van der Waals surface area contributed by atoms with Crippen molar-refractivity contribution in [2.75, 3.05) is 13.1 Å². The lowest BCUT2D eigenvalue weighted by atomic mass is 9.86. The fourth-order valence-corrected chi connectivity index (χ4v) is 2.55. The zero-order valence-corrected chi connectivity index (χ0v) is 10.7. The minimum atomic E-state index is 0.486. The van der Waals surface area contributed by atoms with E-state index in [1.807, 2.05) is 0 Å². The highest BCUT2D eigenvalue weighted by Crippen LogP contribution is 2.24. The molecule has 0 unspecified atom stereocenters. The molecule has 2 heteroatoms. The van der Waals surface area contributed by atoms with Crippen molar-refractivity contribution in [1.82, 2.24) is 4.90 Å². The topological polar surface area (TPSA) is 29.3 Å². The highest BCUT2D eigenvalue weighted by Gasteiger charge is 2.21. The first-order valence-corrected chi connectivity index (χ1v) is 6.63. The Morgan fingerprint density at radius 2 is 1.80 bits per heavy atom. The summed E-state index contributed by atoms with van der Waals surface area (Å²) in [7, 11) is 0. The third kappa shape index (κ3) is 4.52. The molecule has 1 aliphatic carbocycles. The van der Waals surface area contributed by atoms with E-state index in [2.05, 4.69) is 25.7 Å². The van der Waals surface area contributed by atoms with E-state index in [4.69, 9.17) is 5.73 Å². The second kappa shape index (κ2) is 6.49. The Morgan fingerprint density at radius 1 is 1.20 bits per heavy atom. The van der Waals surface area contributed by atoms with Gasteiger partial charge in [0.25, 0.3) is 0 Å². The van der Waals surface area contributed by atoms with Crippen molar-refractivity contribution in [2.24, 2.45) is 11.7 Å². The van der Waals surface area contributed by atoms with Gasteiger partial charge in [0.05, 0.1) is 0 Å². The van der Waals surface area contributed by atoms with Crippen LogP contribution in [0.15, 0.2) is 0 Å². The van der Waals surface area contributed by atoms with E-state index >= 15 is 0 Å². The van der Waals surface area contributed by atoms with Crippen LogP contribution in [-0.4, -0.2) is 30.1 Å². The van der Waals surface area contributed by atoms with Gasteiger partial charge in [-0.05, 0) is 58.4 Å². The Hall–Kier alpha value is -0.0800. The van der Waals surface area contributed by atoms with Crippen molar-refractivity contribution in [2.45, 2.75) is 65.0 Å². The molecule has 0 atom stereocenters. The first-order chi connectivity index (χ1) is 7.13. The number of rotatable bonds is 5. The van der Waals surface area contributed by atoms with Gasteiger partial charge in [-0.25, -0.2) is 0 Å². The van der Waals surface area contributed by atoms with E-state index in [0.29, 0.717) is 12.1 Å². The molecule has 0 spiro atoms. The smallest absolute Gasteiger partial charge is 0.00390 e. The van der Waals surface area contributed by atoms with Gasteiger partial charge in [-0.1, -0.05) is 6.92 Å². The summed E-state index contributed by atoms with van der Waals surface area (Å²) >= 11 is 0. The fraction of sp³-hybridized carbons (Fsp3) is 1.00. The predicted octanol–water partition coefficient (Wildman–Crippen LogP) is 2.62. The summed E-state index contributed by atoms with van der Waals surface area (Å²) in [6, 6.07) is 1.18. The van der Waals surface area contributed by atoms with Crippen LogP contribution < -0.4 is 5.73 Å². The number of nitrogens with two attached hydrogens (primary N) is 1. The maximum atomic E-state index is 5.93. The van der Waals surface area contributed by atoms with Crippen LogP contribution in [0.5, 0.6) is 0 Å². The highest BCUT2D eigenvalue weighted by molar-refractivity contribution is 4.77. The summed E-state index contributed by atoms with van der Waals surface area (Å²) in [4.78, 5) is 2.63. The van der Waals surface area contributed by atoms with E-state index < -0.39 is 0 Å². The predicted molar refractivity (Wildman–Crippen MR) is 66.9 cm³/mol. The second-order valence-corrected chi connectivity index (χ2v) is 5.37. The molecule has 1 saturated carbocycles. The Balaban J connectivity index is 2.31. The summed E-state index contributed by atoms with van der Waals surface area (Å²) in [5, 5.41) is 0. The van der Waals surface area contributed by atoms with Crippen LogP contribution in [0.4, 0.5) is 0 Å². The van der Waals surface area contributed by atoms with Gasteiger partial charge in [-0.3, -0.25) is 0 Å². The zero-order chi connectivity index (χ0) is 11.3. The third-order valence-corrected chi connectivity index (χ3v) is 3.63. The van der Waals surface area contributed by atoms with Gasteiger partial charge in [-0.2, -0.15) is 0 Å². The molecule has 0 amide bonds. The van der Waals surface area contributed by atoms with Crippen molar-refractivity contribution in [1.29, 1.82) is 0 Å². The van der Waals surface area contributed by atoms with Gasteiger partial charge >= 0.3 is 0 Å². The van der Waals surface area contributed by atoms with Crippen molar-refractivity contribution < 1.29 is 0 Å². The molecule has 0 heterocycles. The molecule has 1 fully saturated rings. The molecule has 0 saturated heterocycles. The Morgan fingerprint density at radius 3 is 2.27 bits per heavy atom. The van der Waals surface area contributed by atoms with Gasteiger partial charge in [0.15, 0.2) is 0 Å². The average Bonchev–Trinajstić information content (AvgIpc) is 2.20. The van der Waals surface area contributed by atoms with Crippen LogP contribution in [0.3, 0.4) is 0 Å². The lowest BCUT2D eigenvalue weighted by Gasteiger charge is -2.33. The Bertz CT molecular complexity index is 160. The first-order valence-electron chi connectivity index (χ1n) is 6.63. The standard InChI is InChI=1S/C13H28N2/c1-4-9-15(11(2)3)10-12-5-7-13(14)8-6-12/h11-13H,4-10,14H2,1-3H3. The van der Waals surface area contributed by atoms with Crippen LogP contribution in [-0.2, 0) is 0 Å². The normalized spacial score (nSPS) is 27.6. The van der Waals surface area contributed by atoms with Gasteiger partial charge < -0.3 is 10.6 Å². The van der Waals surface area contributed by atoms with Crippen molar-refractivity contribution in [3.05, 3.63) is 0 Å². The lowest BCUT2D eigenvalue weighted by Crippen LogP contribution is -2.38. The SMILES string of the molecule is CCCN(CC1CCC(N)CC1)C(C)C. The molecule has 0 aliphatic heterocycles.